The number of carbonyl (C=O) groups is 1. The number of carbonyl (C=O) groups excluding carboxylic acids is 1. The third-order valence-corrected chi connectivity index (χ3v) is 6.18. The lowest BCUT2D eigenvalue weighted by Crippen LogP contribution is -2.42. The molecule has 0 atom stereocenters. The minimum absolute atomic E-state index is 0.250. The molecule has 1 aliphatic rings. The highest BCUT2D eigenvalue weighted by molar-refractivity contribution is 5.76. The van der Waals surface area contributed by atoms with Gasteiger partial charge in [0.15, 0.2) is 0 Å². The summed E-state index contributed by atoms with van der Waals surface area (Å²) in [5.41, 5.74) is 2.35. The van der Waals surface area contributed by atoms with E-state index in [-0.39, 0.29) is 5.91 Å². The van der Waals surface area contributed by atoms with E-state index in [9.17, 15) is 4.79 Å². The second-order valence-electron chi connectivity index (χ2n) is 9.17. The lowest BCUT2D eigenvalue weighted by molar-refractivity contribution is -0.133. The van der Waals surface area contributed by atoms with Crippen molar-refractivity contribution in [1.82, 2.24) is 19.6 Å². The first kappa shape index (κ1) is 23.3. The Morgan fingerprint density at radius 2 is 1.97 bits per heavy atom. The average molecular weight is 427 g/mol. The first-order chi connectivity index (χ1) is 15.0. The molecule has 1 fully saturated rings. The number of aryl methyl sites for hydroxylation is 2. The molecule has 0 saturated carbocycles. The van der Waals surface area contributed by atoms with E-state index in [2.05, 4.69) is 40.9 Å². The SMILES string of the molecule is COc1ccccc1CN1CCC(CN(CC(C)C)C(=O)CCn2nccc2C)CC1. The quantitative estimate of drug-likeness (QED) is 0.576. The first-order valence-corrected chi connectivity index (χ1v) is 11.6. The van der Waals surface area contributed by atoms with Crippen LogP contribution in [0.4, 0.5) is 0 Å². The Morgan fingerprint density at radius 3 is 2.61 bits per heavy atom. The Labute approximate surface area is 187 Å². The second-order valence-corrected chi connectivity index (χ2v) is 9.17. The van der Waals surface area contributed by atoms with Crippen LogP contribution < -0.4 is 4.74 Å². The Bertz CT molecular complexity index is 824. The summed E-state index contributed by atoms with van der Waals surface area (Å²) in [6.45, 7) is 11.8. The Balaban J connectivity index is 1.50. The molecule has 170 valence electrons. The van der Waals surface area contributed by atoms with Crippen molar-refractivity contribution >= 4 is 5.91 Å². The van der Waals surface area contributed by atoms with Crippen LogP contribution in [0, 0.1) is 18.8 Å². The molecule has 0 unspecified atom stereocenters. The normalized spacial score (nSPS) is 15.4. The monoisotopic (exact) mass is 426 g/mol. The number of para-hydroxylation sites is 1. The number of amides is 1. The molecule has 1 saturated heterocycles. The molecule has 0 N–H and O–H groups in total. The van der Waals surface area contributed by atoms with E-state index < -0.39 is 0 Å². The van der Waals surface area contributed by atoms with E-state index in [4.69, 9.17) is 4.74 Å². The van der Waals surface area contributed by atoms with Gasteiger partial charge in [0, 0.05) is 50.1 Å². The van der Waals surface area contributed by atoms with Gasteiger partial charge >= 0.3 is 0 Å². The molecule has 1 amide bonds. The van der Waals surface area contributed by atoms with Crippen molar-refractivity contribution < 1.29 is 9.53 Å². The summed E-state index contributed by atoms with van der Waals surface area (Å²) in [4.78, 5) is 17.6. The average Bonchev–Trinajstić information content (AvgIpc) is 3.17. The van der Waals surface area contributed by atoms with Crippen molar-refractivity contribution in [2.45, 2.75) is 53.1 Å². The van der Waals surface area contributed by atoms with E-state index in [0.717, 1.165) is 57.0 Å². The minimum atomic E-state index is 0.250. The van der Waals surface area contributed by atoms with E-state index in [1.807, 2.05) is 29.8 Å². The zero-order valence-corrected chi connectivity index (χ0v) is 19.6. The summed E-state index contributed by atoms with van der Waals surface area (Å²) in [5, 5.41) is 4.31. The molecular weight excluding hydrogens is 388 g/mol. The van der Waals surface area contributed by atoms with Crippen molar-refractivity contribution in [3.63, 3.8) is 0 Å². The van der Waals surface area contributed by atoms with Crippen LogP contribution in [0.2, 0.25) is 0 Å². The predicted octanol–water partition coefficient (Wildman–Crippen LogP) is 3.99. The Morgan fingerprint density at radius 1 is 1.23 bits per heavy atom. The highest BCUT2D eigenvalue weighted by Crippen LogP contribution is 2.24. The third kappa shape index (κ3) is 6.82. The lowest BCUT2D eigenvalue weighted by Gasteiger charge is -2.35. The van der Waals surface area contributed by atoms with E-state index in [1.54, 1.807) is 13.3 Å². The smallest absolute Gasteiger partial charge is 0.224 e. The molecule has 2 aromatic rings. The molecule has 0 radical (unpaired) electrons. The standard InChI is InChI=1S/C25H38N4O2/c1-20(2)17-28(25(30)12-16-29-21(3)9-13-26-29)18-22-10-14-27(15-11-22)19-23-7-5-6-8-24(23)31-4/h5-9,13,20,22H,10-12,14-19H2,1-4H3. The number of nitrogens with zero attached hydrogens (tertiary/aromatic N) is 4. The fourth-order valence-electron chi connectivity index (χ4n) is 4.42. The van der Waals surface area contributed by atoms with Gasteiger partial charge in [-0.05, 0) is 56.8 Å². The third-order valence-electron chi connectivity index (χ3n) is 6.18. The number of hydrogen-bond acceptors (Lipinski definition) is 4. The number of aromatic nitrogens is 2. The maximum absolute atomic E-state index is 13.0. The van der Waals surface area contributed by atoms with Gasteiger partial charge in [0.1, 0.15) is 5.75 Å². The molecule has 1 aromatic heterocycles. The summed E-state index contributed by atoms with van der Waals surface area (Å²) in [6, 6.07) is 10.3. The summed E-state index contributed by atoms with van der Waals surface area (Å²) in [5.74, 6) is 2.26. The summed E-state index contributed by atoms with van der Waals surface area (Å²) >= 11 is 0. The molecule has 1 aliphatic heterocycles. The number of likely N-dealkylation sites (tertiary alicyclic amines) is 1. The Kier molecular flexibility index (Phi) is 8.52. The fourth-order valence-corrected chi connectivity index (χ4v) is 4.42. The van der Waals surface area contributed by atoms with Gasteiger partial charge in [0.05, 0.1) is 7.11 Å². The van der Waals surface area contributed by atoms with Crippen LogP contribution in [-0.2, 0) is 17.9 Å². The number of methoxy groups -OCH3 is 1. The number of piperidine rings is 1. The zero-order chi connectivity index (χ0) is 22.2. The number of hydrogen-bond donors (Lipinski definition) is 0. The molecule has 2 heterocycles. The largest absolute Gasteiger partial charge is 0.496 e. The minimum Gasteiger partial charge on any atom is -0.496 e. The van der Waals surface area contributed by atoms with Crippen LogP contribution in [0.25, 0.3) is 0 Å². The van der Waals surface area contributed by atoms with Gasteiger partial charge in [-0.3, -0.25) is 14.4 Å². The first-order valence-electron chi connectivity index (χ1n) is 11.6. The molecule has 0 spiro atoms. The van der Waals surface area contributed by atoms with Gasteiger partial charge in [-0.2, -0.15) is 5.10 Å². The van der Waals surface area contributed by atoms with Crippen molar-refractivity contribution in [3.8, 4) is 5.75 Å². The molecule has 6 heteroatoms. The van der Waals surface area contributed by atoms with Crippen molar-refractivity contribution in [3.05, 3.63) is 47.8 Å². The van der Waals surface area contributed by atoms with Crippen molar-refractivity contribution in [1.29, 1.82) is 0 Å². The highest BCUT2D eigenvalue weighted by atomic mass is 16.5. The van der Waals surface area contributed by atoms with Crippen LogP contribution >= 0.6 is 0 Å². The van der Waals surface area contributed by atoms with Crippen LogP contribution in [0.1, 0.15) is 44.4 Å². The van der Waals surface area contributed by atoms with Gasteiger partial charge < -0.3 is 9.64 Å². The number of ether oxygens (including phenoxy) is 1. The molecule has 1 aromatic carbocycles. The molecule has 0 bridgehead atoms. The summed E-state index contributed by atoms with van der Waals surface area (Å²) < 4.78 is 7.42. The maximum Gasteiger partial charge on any atom is 0.224 e. The fraction of sp³-hybridized carbons (Fsp3) is 0.600. The topological polar surface area (TPSA) is 50.6 Å². The molecule has 31 heavy (non-hydrogen) atoms. The molecule has 3 rings (SSSR count). The van der Waals surface area contributed by atoms with Crippen LogP contribution in [0.3, 0.4) is 0 Å². The predicted molar refractivity (Wildman–Crippen MR) is 124 cm³/mol. The van der Waals surface area contributed by atoms with Crippen LogP contribution in [-0.4, -0.2) is 58.8 Å². The van der Waals surface area contributed by atoms with E-state index >= 15 is 0 Å². The van der Waals surface area contributed by atoms with Crippen LogP contribution in [0.5, 0.6) is 5.75 Å². The molecule has 6 nitrogen and oxygen atoms in total. The molecular formula is C25H38N4O2. The summed E-state index contributed by atoms with van der Waals surface area (Å²) in [6.07, 6.45) is 4.58. The zero-order valence-electron chi connectivity index (χ0n) is 19.6. The number of rotatable bonds is 10. The van der Waals surface area contributed by atoms with E-state index in [0.29, 0.717) is 24.8 Å². The van der Waals surface area contributed by atoms with Gasteiger partial charge in [-0.25, -0.2) is 0 Å². The van der Waals surface area contributed by atoms with Crippen molar-refractivity contribution in [2.75, 3.05) is 33.3 Å². The van der Waals surface area contributed by atoms with E-state index in [1.165, 1.54) is 5.56 Å². The lowest BCUT2D eigenvalue weighted by atomic mass is 9.95. The van der Waals surface area contributed by atoms with Crippen molar-refractivity contribution in [2.24, 2.45) is 11.8 Å². The van der Waals surface area contributed by atoms with Gasteiger partial charge in [-0.1, -0.05) is 32.0 Å². The second kappa shape index (κ2) is 11.3. The van der Waals surface area contributed by atoms with Crippen LogP contribution in [0.15, 0.2) is 36.5 Å². The van der Waals surface area contributed by atoms with Gasteiger partial charge in [-0.15, -0.1) is 0 Å². The van der Waals surface area contributed by atoms with Gasteiger partial charge in [0.25, 0.3) is 0 Å². The Hall–Kier alpha value is -2.34. The summed E-state index contributed by atoms with van der Waals surface area (Å²) in [7, 11) is 1.74. The maximum atomic E-state index is 13.0. The van der Waals surface area contributed by atoms with Gasteiger partial charge in [0.2, 0.25) is 5.91 Å². The highest BCUT2D eigenvalue weighted by Gasteiger charge is 2.24. The number of benzene rings is 1. The molecule has 0 aliphatic carbocycles.